The molecule has 21 heavy (non-hydrogen) atoms. The van der Waals surface area contributed by atoms with Crippen LogP contribution in [0.4, 0.5) is 0 Å². The van der Waals surface area contributed by atoms with Crippen LogP contribution in [0.2, 0.25) is 5.15 Å². The normalized spacial score (nSPS) is 12.6. The zero-order valence-electron chi connectivity index (χ0n) is 12.4. The number of nitrogens with zero attached hydrogens (tertiary/aromatic N) is 2. The van der Waals surface area contributed by atoms with Crippen LogP contribution in [0.25, 0.3) is 0 Å². The molecule has 1 unspecified atom stereocenters. The van der Waals surface area contributed by atoms with E-state index in [0.29, 0.717) is 6.04 Å². The molecule has 6 heteroatoms. The first-order valence-electron chi connectivity index (χ1n) is 6.75. The molecule has 0 saturated carbocycles. The van der Waals surface area contributed by atoms with Gasteiger partial charge in [-0.2, -0.15) is 5.10 Å². The maximum absolute atomic E-state index is 6.31. The fraction of sp³-hybridized carbons (Fsp3) is 0.400. The van der Waals surface area contributed by atoms with Crippen LogP contribution >= 0.6 is 39.3 Å². The van der Waals surface area contributed by atoms with Crippen molar-refractivity contribution in [2.75, 3.05) is 12.8 Å². The minimum Gasteiger partial charge on any atom is -0.316 e. The molecule has 0 saturated heterocycles. The summed E-state index contributed by atoms with van der Waals surface area (Å²) in [5.41, 5.74) is 2.14. The predicted molar refractivity (Wildman–Crippen MR) is 94.4 cm³/mol. The number of rotatable bonds is 6. The molecule has 0 bridgehead atoms. The minimum absolute atomic E-state index is 0.360. The molecule has 114 valence electrons. The van der Waals surface area contributed by atoms with E-state index in [-0.39, 0.29) is 0 Å². The van der Waals surface area contributed by atoms with Gasteiger partial charge in [0, 0.05) is 33.8 Å². The average Bonchev–Trinajstić information content (AvgIpc) is 2.71. The highest BCUT2D eigenvalue weighted by molar-refractivity contribution is 9.10. The van der Waals surface area contributed by atoms with Crippen molar-refractivity contribution >= 4 is 39.3 Å². The predicted octanol–water partition coefficient (Wildman–Crippen LogP) is 4.07. The molecule has 0 radical (unpaired) electrons. The zero-order valence-corrected chi connectivity index (χ0v) is 15.5. The number of hydrogen-bond acceptors (Lipinski definition) is 3. The van der Waals surface area contributed by atoms with Gasteiger partial charge in [-0.1, -0.05) is 27.5 Å². The molecule has 1 heterocycles. The summed E-state index contributed by atoms with van der Waals surface area (Å²) in [6.45, 7) is 2.01. The van der Waals surface area contributed by atoms with Crippen LogP contribution in [0.15, 0.2) is 33.6 Å². The fourth-order valence-electron chi connectivity index (χ4n) is 2.12. The largest absolute Gasteiger partial charge is 0.316 e. The third kappa shape index (κ3) is 4.49. The summed E-state index contributed by atoms with van der Waals surface area (Å²) >= 11 is 11.6. The van der Waals surface area contributed by atoms with Gasteiger partial charge in [-0.25, -0.2) is 0 Å². The first-order valence-corrected chi connectivity index (χ1v) is 8.90. The first-order chi connectivity index (χ1) is 10.0. The van der Waals surface area contributed by atoms with Crippen LogP contribution in [0.5, 0.6) is 0 Å². The lowest BCUT2D eigenvalue weighted by Crippen LogP contribution is -2.30. The number of thioether (sulfide) groups is 1. The van der Waals surface area contributed by atoms with E-state index in [1.54, 1.807) is 4.68 Å². The Morgan fingerprint density at radius 2 is 2.05 bits per heavy atom. The van der Waals surface area contributed by atoms with Crippen molar-refractivity contribution in [3.8, 4) is 0 Å². The van der Waals surface area contributed by atoms with Crippen LogP contribution in [-0.4, -0.2) is 28.6 Å². The van der Waals surface area contributed by atoms with Crippen molar-refractivity contribution in [3.63, 3.8) is 0 Å². The molecule has 2 aromatic rings. The molecule has 1 aromatic heterocycles. The number of halogens is 2. The molecule has 2 rings (SSSR count). The maximum atomic E-state index is 6.31. The molecule has 0 aliphatic carbocycles. The molecular weight excluding hydrogens is 370 g/mol. The Bertz CT molecular complexity index is 598. The van der Waals surface area contributed by atoms with Crippen LogP contribution in [0.3, 0.4) is 0 Å². The lowest BCUT2D eigenvalue weighted by molar-refractivity contribution is 0.615. The smallest absolute Gasteiger partial charge is 0.130 e. The second-order valence-electron chi connectivity index (χ2n) is 4.93. The third-order valence-electron chi connectivity index (χ3n) is 3.39. The molecule has 0 aliphatic heterocycles. The Morgan fingerprint density at radius 1 is 1.38 bits per heavy atom. The summed E-state index contributed by atoms with van der Waals surface area (Å²) in [7, 11) is 3.87. The topological polar surface area (TPSA) is 29.9 Å². The van der Waals surface area contributed by atoms with E-state index in [9.17, 15) is 0 Å². The van der Waals surface area contributed by atoms with Gasteiger partial charge in [0.2, 0.25) is 0 Å². The van der Waals surface area contributed by atoms with E-state index in [0.717, 1.165) is 33.1 Å². The van der Waals surface area contributed by atoms with E-state index >= 15 is 0 Å². The third-order valence-corrected chi connectivity index (χ3v) is 5.57. The van der Waals surface area contributed by atoms with Crippen LogP contribution in [0.1, 0.15) is 11.3 Å². The quantitative estimate of drug-likeness (QED) is 0.757. The molecule has 1 N–H and O–H groups in total. The Labute approximate surface area is 143 Å². The van der Waals surface area contributed by atoms with Crippen molar-refractivity contribution < 1.29 is 0 Å². The van der Waals surface area contributed by atoms with Crippen LogP contribution in [-0.2, 0) is 13.5 Å². The summed E-state index contributed by atoms with van der Waals surface area (Å²) in [6.07, 6.45) is 0.887. The Balaban J connectivity index is 1.98. The van der Waals surface area contributed by atoms with E-state index in [2.05, 4.69) is 50.6 Å². The van der Waals surface area contributed by atoms with Gasteiger partial charge in [-0.3, -0.25) is 4.68 Å². The summed E-state index contributed by atoms with van der Waals surface area (Å²) in [5, 5.41) is 8.48. The number of nitrogens with one attached hydrogen (secondary N) is 1. The molecule has 1 aromatic carbocycles. The molecule has 0 aliphatic rings. The number of likely N-dealkylation sites (N-methyl/N-ethyl adjacent to an activating group) is 1. The first kappa shape index (κ1) is 16.9. The van der Waals surface area contributed by atoms with Gasteiger partial charge in [-0.05, 0) is 44.7 Å². The van der Waals surface area contributed by atoms with Gasteiger partial charge >= 0.3 is 0 Å². The van der Waals surface area contributed by atoms with Gasteiger partial charge in [0.25, 0.3) is 0 Å². The van der Waals surface area contributed by atoms with Gasteiger partial charge in [-0.15, -0.1) is 11.8 Å². The highest BCUT2D eigenvalue weighted by atomic mass is 79.9. The summed E-state index contributed by atoms with van der Waals surface area (Å²) in [5.74, 6) is 0.989. The number of benzene rings is 1. The number of hydrogen-bond donors (Lipinski definition) is 1. The summed E-state index contributed by atoms with van der Waals surface area (Å²) < 4.78 is 2.84. The van der Waals surface area contributed by atoms with E-state index in [1.165, 1.54) is 4.90 Å². The lowest BCUT2D eigenvalue weighted by Gasteiger charge is -2.16. The van der Waals surface area contributed by atoms with E-state index in [4.69, 9.17) is 11.6 Å². The molecule has 0 spiro atoms. The molecule has 0 amide bonds. The van der Waals surface area contributed by atoms with Crippen molar-refractivity contribution in [1.29, 1.82) is 0 Å². The summed E-state index contributed by atoms with van der Waals surface area (Å²) in [6, 6.07) is 8.75. The Hall–Kier alpha value is -0.490. The highest BCUT2D eigenvalue weighted by Gasteiger charge is 2.16. The molecular formula is C15H19BrClN3S. The van der Waals surface area contributed by atoms with Crippen molar-refractivity contribution in [2.45, 2.75) is 24.3 Å². The molecule has 0 fully saturated rings. The highest BCUT2D eigenvalue weighted by Crippen LogP contribution is 2.24. The lowest BCUT2D eigenvalue weighted by atomic mass is 10.1. The van der Waals surface area contributed by atoms with Gasteiger partial charge < -0.3 is 5.32 Å². The van der Waals surface area contributed by atoms with Crippen LogP contribution in [0, 0.1) is 6.92 Å². The van der Waals surface area contributed by atoms with E-state index in [1.807, 2.05) is 32.8 Å². The molecule has 1 atom stereocenters. The standard InChI is InChI=1S/C15H19BrClN3S/c1-10-14(15(17)20(3)19-10)8-12(18-2)9-21-13-6-4-11(16)5-7-13/h4-7,12,18H,8-9H2,1-3H3. The zero-order chi connectivity index (χ0) is 15.4. The van der Waals surface area contributed by atoms with Crippen molar-refractivity contribution in [2.24, 2.45) is 7.05 Å². The maximum Gasteiger partial charge on any atom is 0.130 e. The SMILES string of the molecule is CNC(CSc1ccc(Br)cc1)Cc1c(C)nn(C)c1Cl. The number of aromatic nitrogens is 2. The fourth-order valence-corrected chi connectivity index (χ4v) is 3.65. The van der Waals surface area contributed by atoms with Gasteiger partial charge in [0.15, 0.2) is 0 Å². The Morgan fingerprint density at radius 3 is 2.57 bits per heavy atom. The number of aryl methyl sites for hydroxylation is 2. The van der Waals surface area contributed by atoms with Gasteiger partial charge in [0.1, 0.15) is 5.15 Å². The van der Waals surface area contributed by atoms with E-state index < -0.39 is 0 Å². The van der Waals surface area contributed by atoms with Crippen molar-refractivity contribution in [3.05, 3.63) is 45.1 Å². The average molecular weight is 389 g/mol. The summed E-state index contributed by atoms with van der Waals surface area (Å²) in [4.78, 5) is 1.27. The monoisotopic (exact) mass is 387 g/mol. The van der Waals surface area contributed by atoms with Gasteiger partial charge in [0.05, 0.1) is 5.69 Å². The van der Waals surface area contributed by atoms with Crippen molar-refractivity contribution in [1.82, 2.24) is 15.1 Å². The van der Waals surface area contributed by atoms with Crippen LogP contribution < -0.4 is 5.32 Å². The minimum atomic E-state index is 0.360. The Kier molecular flexibility index (Phi) is 6.17. The second-order valence-corrected chi connectivity index (χ2v) is 7.30. The second kappa shape index (κ2) is 7.68. The molecule has 3 nitrogen and oxygen atoms in total.